The first-order chi connectivity index (χ1) is 9.95. The fraction of sp³-hybridized carbons (Fsp3) is 0.933. The minimum absolute atomic E-state index is 0.0423. The van der Waals surface area contributed by atoms with Crippen LogP contribution in [0.25, 0.3) is 0 Å². The molecule has 0 aliphatic heterocycles. The Hall–Kier alpha value is 0.557. The van der Waals surface area contributed by atoms with Gasteiger partial charge in [0.25, 0.3) is 0 Å². The van der Waals surface area contributed by atoms with E-state index in [1.807, 2.05) is 0 Å². The smallest absolute Gasteiger partial charge is 0.341 e. The van der Waals surface area contributed by atoms with Gasteiger partial charge in [-0.3, -0.25) is 4.79 Å². The molecule has 0 saturated carbocycles. The fourth-order valence-electron chi connectivity index (χ4n) is 2.06. The summed E-state index contributed by atoms with van der Waals surface area (Å²) in [7, 11) is 0. The van der Waals surface area contributed by atoms with E-state index in [1.165, 1.54) is 25.7 Å². The van der Waals surface area contributed by atoms with Gasteiger partial charge in [0.1, 0.15) is 0 Å². The molecule has 0 radical (unpaired) electrons. The molecule has 0 unspecified atom stereocenters. The van der Waals surface area contributed by atoms with Crippen LogP contribution in [-0.4, -0.2) is 18.6 Å². The van der Waals surface area contributed by atoms with Crippen molar-refractivity contribution in [3.05, 3.63) is 0 Å². The van der Waals surface area contributed by atoms with E-state index < -0.39 is 6.00 Å². The average Bonchev–Trinajstić information content (AvgIpc) is 2.40. The van der Waals surface area contributed by atoms with Crippen molar-refractivity contribution in [3.8, 4) is 0 Å². The summed E-state index contributed by atoms with van der Waals surface area (Å²) in [6.45, 7) is 2.67. The molecular formula is C15H29Cl3O2Si. The highest BCUT2D eigenvalue weighted by Crippen LogP contribution is 2.27. The van der Waals surface area contributed by atoms with E-state index in [4.69, 9.17) is 38.0 Å². The van der Waals surface area contributed by atoms with Crippen LogP contribution in [0, 0.1) is 0 Å². The Morgan fingerprint density at radius 3 is 1.90 bits per heavy atom. The summed E-state index contributed by atoms with van der Waals surface area (Å²) >= 11 is 17.5. The minimum Gasteiger partial charge on any atom is -0.466 e. The Bertz CT molecular complexity index is 258. The molecule has 2 nitrogen and oxygen atoms in total. The van der Waals surface area contributed by atoms with Crippen molar-refractivity contribution in [2.24, 2.45) is 0 Å². The third kappa shape index (κ3) is 18.5. The monoisotopic (exact) mass is 374 g/mol. The molecule has 0 aliphatic carbocycles. The van der Waals surface area contributed by atoms with Crippen LogP contribution in [0.1, 0.15) is 77.6 Å². The molecule has 126 valence electrons. The van der Waals surface area contributed by atoms with Crippen LogP contribution in [0.5, 0.6) is 0 Å². The topological polar surface area (TPSA) is 26.3 Å². The quantitative estimate of drug-likeness (QED) is 0.150. The summed E-state index contributed by atoms with van der Waals surface area (Å²) in [6, 6.07) is -1.62. The summed E-state index contributed by atoms with van der Waals surface area (Å²) < 4.78 is 5.11. The molecule has 0 atom stereocenters. The van der Waals surface area contributed by atoms with E-state index in [2.05, 4.69) is 6.92 Å². The number of halogens is 3. The summed E-state index contributed by atoms with van der Waals surface area (Å²) in [6.07, 6.45) is 11.7. The highest BCUT2D eigenvalue weighted by molar-refractivity contribution is 7.64. The Labute approximate surface area is 145 Å². The second kappa shape index (κ2) is 14.2. The van der Waals surface area contributed by atoms with Crippen molar-refractivity contribution < 1.29 is 9.53 Å². The number of ether oxygens (including phenoxy) is 1. The van der Waals surface area contributed by atoms with Crippen molar-refractivity contribution in [3.63, 3.8) is 0 Å². The van der Waals surface area contributed by atoms with Gasteiger partial charge in [-0.25, -0.2) is 0 Å². The molecule has 0 bridgehead atoms. The molecule has 0 aromatic heterocycles. The first-order valence-electron chi connectivity index (χ1n) is 8.18. The van der Waals surface area contributed by atoms with Crippen molar-refractivity contribution in [1.29, 1.82) is 0 Å². The maximum absolute atomic E-state index is 11.4. The van der Waals surface area contributed by atoms with Crippen LogP contribution in [0.15, 0.2) is 0 Å². The third-order valence-corrected chi connectivity index (χ3v) is 5.97. The molecule has 0 saturated heterocycles. The molecule has 0 aromatic rings. The maximum atomic E-state index is 11.4. The predicted octanol–water partition coefficient (Wildman–Crippen LogP) is 6.50. The minimum atomic E-state index is -2.39. The maximum Gasteiger partial charge on any atom is 0.341 e. The van der Waals surface area contributed by atoms with Crippen LogP contribution >= 0.6 is 33.2 Å². The molecule has 0 spiro atoms. The molecular weight excluding hydrogens is 347 g/mol. The van der Waals surface area contributed by atoms with E-state index in [0.29, 0.717) is 13.0 Å². The van der Waals surface area contributed by atoms with Gasteiger partial charge in [0, 0.05) is 6.42 Å². The molecule has 0 aromatic carbocycles. The zero-order chi connectivity index (χ0) is 16.0. The molecule has 21 heavy (non-hydrogen) atoms. The second-order valence-electron chi connectivity index (χ2n) is 5.52. The third-order valence-electron chi connectivity index (χ3n) is 3.35. The summed E-state index contributed by atoms with van der Waals surface area (Å²) in [4.78, 5) is 11.4. The zero-order valence-electron chi connectivity index (χ0n) is 13.1. The van der Waals surface area contributed by atoms with Gasteiger partial charge < -0.3 is 4.74 Å². The number of unbranched alkanes of at least 4 members (excludes halogenated alkanes) is 8. The molecule has 0 fully saturated rings. The van der Waals surface area contributed by atoms with Crippen molar-refractivity contribution >= 4 is 45.2 Å². The second-order valence-corrected chi connectivity index (χ2v) is 14.8. The van der Waals surface area contributed by atoms with Crippen molar-refractivity contribution in [2.45, 2.75) is 83.6 Å². The van der Waals surface area contributed by atoms with Gasteiger partial charge >= 0.3 is 12.0 Å². The summed E-state index contributed by atoms with van der Waals surface area (Å²) in [5, 5.41) is 0. The van der Waals surface area contributed by atoms with Crippen LogP contribution in [-0.2, 0) is 9.53 Å². The summed E-state index contributed by atoms with van der Waals surface area (Å²) in [5.74, 6) is -0.0423. The summed E-state index contributed by atoms with van der Waals surface area (Å²) in [5.41, 5.74) is 0. The Morgan fingerprint density at radius 1 is 0.857 bits per heavy atom. The van der Waals surface area contributed by atoms with Gasteiger partial charge in [0.05, 0.1) is 6.61 Å². The Balaban J connectivity index is 3.17. The SMILES string of the molecule is CCCCOC(=O)CCCCCCCCCC[Si](Cl)(Cl)Cl. The van der Waals surface area contributed by atoms with Crippen LogP contribution in [0.3, 0.4) is 0 Å². The molecule has 6 heteroatoms. The standard InChI is InChI=1S/C15H29Cl3O2Si/c1-2-3-13-20-15(19)12-10-8-6-4-5-7-9-11-14-21(16,17)18/h2-14H2,1H3. The lowest BCUT2D eigenvalue weighted by Crippen LogP contribution is -2.07. The van der Waals surface area contributed by atoms with E-state index in [-0.39, 0.29) is 5.97 Å². The fourth-order valence-corrected chi connectivity index (χ4v) is 3.91. The Morgan fingerprint density at radius 2 is 1.38 bits per heavy atom. The van der Waals surface area contributed by atoms with Gasteiger partial charge in [-0.15, -0.1) is 33.2 Å². The largest absolute Gasteiger partial charge is 0.466 e. The van der Waals surface area contributed by atoms with E-state index in [1.54, 1.807) is 0 Å². The molecule has 0 amide bonds. The van der Waals surface area contributed by atoms with Gasteiger partial charge in [0.2, 0.25) is 0 Å². The lowest BCUT2D eigenvalue weighted by Gasteiger charge is -2.07. The van der Waals surface area contributed by atoms with Crippen molar-refractivity contribution in [2.75, 3.05) is 6.61 Å². The van der Waals surface area contributed by atoms with E-state index in [0.717, 1.165) is 44.6 Å². The van der Waals surface area contributed by atoms with Gasteiger partial charge in [0.15, 0.2) is 0 Å². The van der Waals surface area contributed by atoms with E-state index in [9.17, 15) is 4.79 Å². The van der Waals surface area contributed by atoms with Gasteiger partial charge in [-0.2, -0.15) is 0 Å². The lowest BCUT2D eigenvalue weighted by molar-refractivity contribution is -0.143. The zero-order valence-corrected chi connectivity index (χ0v) is 16.4. The number of hydrogen-bond acceptors (Lipinski definition) is 2. The lowest BCUT2D eigenvalue weighted by atomic mass is 10.1. The molecule has 0 N–H and O–H groups in total. The molecule has 0 aliphatic rings. The molecule has 0 heterocycles. The number of esters is 1. The van der Waals surface area contributed by atoms with Crippen LogP contribution in [0.4, 0.5) is 0 Å². The highest BCUT2D eigenvalue weighted by Gasteiger charge is 2.23. The number of hydrogen-bond donors (Lipinski definition) is 0. The number of carbonyl (C=O) groups excluding carboxylic acids is 1. The van der Waals surface area contributed by atoms with Gasteiger partial charge in [-0.1, -0.05) is 58.3 Å². The molecule has 0 rings (SSSR count). The van der Waals surface area contributed by atoms with Crippen LogP contribution in [0.2, 0.25) is 6.04 Å². The average molecular weight is 376 g/mol. The van der Waals surface area contributed by atoms with Crippen LogP contribution < -0.4 is 0 Å². The first-order valence-corrected chi connectivity index (χ1v) is 13.4. The number of carbonyl (C=O) groups is 1. The Kier molecular flexibility index (Phi) is 14.5. The number of rotatable bonds is 14. The normalized spacial score (nSPS) is 11.6. The first kappa shape index (κ1) is 21.6. The van der Waals surface area contributed by atoms with Crippen molar-refractivity contribution in [1.82, 2.24) is 0 Å². The van der Waals surface area contributed by atoms with E-state index >= 15 is 0 Å². The highest BCUT2D eigenvalue weighted by atomic mass is 35.8. The predicted molar refractivity (Wildman–Crippen MR) is 95.5 cm³/mol. The van der Waals surface area contributed by atoms with Gasteiger partial charge in [-0.05, 0) is 18.9 Å².